The number of nitrogens with one attached hydrogen (secondary N) is 1. The van der Waals surface area contributed by atoms with Crippen LogP contribution in [0.15, 0.2) is 36.9 Å². The Morgan fingerprint density at radius 2 is 2.00 bits per heavy atom. The van der Waals surface area contributed by atoms with Gasteiger partial charge in [0.25, 0.3) is 5.91 Å². The molecule has 134 valence electrons. The molecule has 3 amide bonds. The smallest absolute Gasteiger partial charge is 0.324 e. The van der Waals surface area contributed by atoms with Crippen LogP contribution in [0.3, 0.4) is 0 Å². The number of carbonyl (C=O) groups excluding carboxylic acids is 2. The number of carbonyl (C=O) groups is 2. The number of amides is 3. The maximum absolute atomic E-state index is 12.5. The fourth-order valence-electron chi connectivity index (χ4n) is 2.94. The summed E-state index contributed by atoms with van der Waals surface area (Å²) in [5.41, 5.74) is 1.18. The molecule has 1 saturated heterocycles. The van der Waals surface area contributed by atoms with Crippen molar-refractivity contribution in [3.63, 3.8) is 0 Å². The van der Waals surface area contributed by atoms with Crippen molar-refractivity contribution in [1.82, 2.24) is 25.2 Å². The average molecular weight is 352 g/mol. The van der Waals surface area contributed by atoms with Gasteiger partial charge in [-0.25, -0.2) is 14.8 Å². The van der Waals surface area contributed by atoms with E-state index in [0.717, 1.165) is 13.1 Å². The Morgan fingerprint density at radius 1 is 1.19 bits per heavy atom. The van der Waals surface area contributed by atoms with Gasteiger partial charge in [-0.2, -0.15) is 0 Å². The third-order valence-corrected chi connectivity index (χ3v) is 4.60. The predicted molar refractivity (Wildman–Crippen MR) is 94.5 cm³/mol. The van der Waals surface area contributed by atoms with Crippen molar-refractivity contribution < 1.29 is 9.59 Å². The molecule has 8 heteroatoms. The zero-order chi connectivity index (χ0) is 17.9. The van der Waals surface area contributed by atoms with E-state index in [9.17, 15) is 9.59 Å². The third kappa shape index (κ3) is 3.63. The molecule has 3 heterocycles. The third-order valence-electron chi connectivity index (χ3n) is 4.60. The summed E-state index contributed by atoms with van der Waals surface area (Å²) in [6.45, 7) is 2.48. The van der Waals surface area contributed by atoms with Crippen molar-refractivity contribution in [2.75, 3.05) is 24.5 Å². The Kier molecular flexibility index (Phi) is 4.47. The van der Waals surface area contributed by atoms with Crippen molar-refractivity contribution in [2.45, 2.75) is 19.4 Å². The molecule has 1 saturated carbocycles. The van der Waals surface area contributed by atoms with Crippen LogP contribution in [0, 0.1) is 5.92 Å². The molecule has 0 bridgehead atoms. The highest BCUT2D eigenvalue weighted by Crippen LogP contribution is 2.31. The van der Waals surface area contributed by atoms with Gasteiger partial charge in [0, 0.05) is 32.0 Å². The van der Waals surface area contributed by atoms with E-state index < -0.39 is 0 Å². The lowest BCUT2D eigenvalue weighted by Crippen LogP contribution is -2.33. The maximum atomic E-state index is 12.5. The van der Waals surface area contributed by atoms with Crippen molar-refractivity contribution >= 4 is 17.6 Å². The molecule has 0 aromatic carbocycles. The van der Waals surface area contributed by atoms with E-state index in [1.54, 1.807) is 35.6 Å². The van der Waals surface area contributed by atoms with E-state index in [4.69, 9.17) is 0 Å². The lowest BCUT2D eigenvalue weighted by atomic mass is 10.3. The summed E-state index contributed by atoms with van der Waals surface area (Å²) < 4.78 is 0. The summed E-state index contributed by atoms with van der Waals surface area (Å²) in [6.07, 6.45) is 8.85. The summed E-state index contributed by atoms with van der Waals surface area (Å²) >= 11 is 0. The Hall–Kier alpha value is -3.03. The number of pyridine rings is 1. The molecule has 0 unspecified atom stereocenters. The van der Waals surface area contributed by atoms with E-state index in [1.165, 1.54) is 19.0 Å². The van der Waals surface area contributed by atoms with Gasteiger partial charge in [-0.05, 0) is 30.9 Å². The van der Waals surface area contributed by atoms with E-state index in [2.05, 4.69) is 20.3 Å². The topological polar surface area (TPSA) is 91.3 Å². The van der Waals surface area contributed by atoms with Crippen LogP contribution in [-0.2, 0) is 6.54 Å². The van der Waals surface area contributed by atoms with Gasteiger partial charge in [-0.3, -0.25) is 14.7 Å². The monoisotopic (exact) mass is 352 g/mol. The predicted octanol–water partition coefficient (Wildman–Crippen LogP) is 1.45. The Morgan fingerprint density at radius 3 is 2.69 bits per heavy atom. The number of aromatic nitrogens is 3. The molecule has 26 heavy (non-hydrogen) atoms. The molecule has 8 nitrogen and oxygen atoms in total. The van der Waals surface area contributed by atoms with Crippen molar-refractivity contribution in [2.24, 2.45) is 5.92 Å². The minimum atomic E-state index is -0.226. The molecular formula is C18H20N6O2. The quantitative estimate of drug-likeness (QED) is 0.850. The van der Waals surface area contributed by atoms with Gasteiger partial charge in [-0.1, -0.05) is 0 Å². The number of rotatable bonds is 6. The van der Waals surface area contributed by atoms with Crippen LogP contribution in [0.4, 0.5) is 10.5 Å². The number of urea groups is 1. The van der Waals surface area contributed by atoms with Crippen LogP contribution < -0.4 is 10.2 Å². The first-order valence-electron chi connectivity index (χ1n) is 8.76. The van der Waals surface area contributed by atoms with Gasteiger partial charge in [0.05, 0.1) is 30.2 Å². The van der Waals surface area contributed by atoms with E-state index in [0.29, 0.717) is 29.5 Å². The van der Waals surface area contributed by atoms with Gasteiger partial charge in [0.2, 0.25) is 0 Å². The summed E-state index contributed by atoms with van der Waals surface area (Å²) in [6, 6.07) is 3.43. The van der Waals surface area contributed by atoms with Crippen LogP contribution in [0.2, 0.25) is 0 Å². The largest absolute Gasteiger partial charge is 0.345 e. The van der Waals surface area contributed by atoms with Crippen molar-refractivity contribution in [3.05, 3.63) is 48.3 Å². The van der Waals surface area contributed by atoms with Crippen LogP contribution in [0.25, 0.3) is 0 Å². The van der Waals surface area contributed by atoms with Crippen molar-refractivity contribution in [1.29, 1.82) is 0 Å². The molecule has 0 atom stereocenters. The van der Waals surface area contributed by atoms with Gasteiger partial charge >= 0.3 is 6.03 Å². The zero-order valence-corrected chi connectivity index (χ0v) is 14.3. The first-order chi connectivity index (χ1) is 12.7. The number of hydrogen-bond donors (Lipinski definition) is 1. The second-order valence-corrected chi connectivity index (χ2v) is 6.61. The molecular weight excluding hydrogens is 332 g/mol. The van der Waals surface area contributed by atoms with E-state index in [1.807, 2.05) is 4.90 Å². The summed E-state index contributed by atoms with van der Waals surface area (Å²) in [5, 5.41) is 2.76. The Balaban J connectivity index is 1.33. The highest BCUT2D eigenvalue weighted by Gasteiger charge is 2.34. The average Bonchev–Trinajstić information content (AvgIpc) is 3.43. The second kappa shape index (κ2) is 7.07. The molecule has 1 aliphatic heterocycles. The zero-order valence-electron chi connectivity index (χ0n) is 14.3. The minimum Gasteiger partial charge on any atom is -0.345 e. The lowest BCUT2D eigenvalue weighted by molar-refractivity contribution is 0.0949. The summed E-state index contributed by atoms with van der Waals surface area (Å²) in [5.74, 6) is 0.949. The van der Waals surface area contributed by atoms with Gasteiger partial charge in [0.1, 0.15) is 5.82 Å². The van der Waals surface area contributed by atoms with E-state index in [-0.39, 0.29) is 18.5 Å². The molecule has 2 aliphatic rings. The second-order valence-electron chi connectivity index (χ2n) is 6.61. The molecule has 2 fully saturated rings. The first kappa shape index (κ1) is 16.4. The maximum Gasteiger partial charge on any atom is 0.324 e. The van der Waals surface area contributed by atoms with Crippen LogP contribution >= 0.6 is 0 Å². The van der Waals surface area contributed by atoms with E-state index >= 15 is 0 Å². The molecule has 2 aromatic heterocycles. The number of nitrogens with zero attached hydrogens (tertiary/aromatic N) is 5. The summed E-state index contributed by atoms with van der Waals surface area (Å²) in [4.78, 5) is 40.5. The SMILES string of the molecule is O=C(NCc1ncc(N2CCN(CC3CC3)C2=O)cn1)c1cccnc1. The normalized spacial score (nSPS) is 16.8. The van der Waals surface area contributed by atoms with Crippen LogP contribution in [-0.4, -0.2) is 51.4 Å². The molecule has 0 spiro atoms. The number of hydrogen-bond acceptors (Lipinski definition) is 5. The molecule has 0 radical (unpaired) electrons. The highest BCUT2D eigenvalue weighted by atomic mass is 16.2. The first-order valence-corrected chi connectivity index (χ1v) is 8.76. The molecule has 1 N–H and O–H groups in total. The Bertz CT molecular complexity index is 791. The fraction of sp³-hybridized carbons (Fsp3) is 0.389. The highest BCUT2D eigenvalue weighted by molar-refractivity contribution is 5.94. The lowest BCUT2D eigenvalue weighted by Gasteiger charge is -2.18. The fourth-order valence-corrected chi connectivity index (χ4v) is 2.94. The molecule has 2 aromatic rings. The number of anilines is 1. The Labute approximate surface area is 151 Å². The molecule has 4 rings (SSSR count). The standard InChI is InChI=1S/C18H20N6O2/c25-17(14-2-1-5-19-8-14)22-11-16-20-9-15(10-21-16)24-7-6-23(18(24)26)12-13-3-4-13/h1-2,5,8-10,13H,3-4,6-7,11-12H2,(H,22,25). The van der Waals surface area contributed by atoms with Gasteiger partial charge < -0.3 is 10.2 Å². The summed E-state index contributed by atoms with van der Waals surface area (Å²) in [7, 11) is 0. The van der Waals surface area contributed by atoms with Gasteiger partial charge in [0.15, 0.2) is 0 Å². The minimum absolute atomic E-state index is 0.0260. The van der Waals surface area contributed by atoms with Gasteiger partial charge in [-0.15, -0.1) is 0 Å². The van der Waals surface area contributed by atoms with Crippen LogP contribution in [0.1, 0.15) is 29.0 Å². The van der Waals surface area contributed by atoms with Crippen molar-refractivity contribution in [3.8, 4) is 0 Å². The van der Waals surface area contributed by atoms with Crippen LogP contribution in [0.5, 0.6) is 0 Å². The molecule has 1 aliphatic carbocycles.